The molecule has 4 saturated carbocycles. The van der Waals surface area contributed by atoms with Crippen molar-refractivity contribution in [1.29, 1.82) is 0 Å². The summed E-state index contributed by atoms with van der Waals surface area (Å²) in [5, 5.41) is 0. The third kappa shape index (κ3) is 17.7. The third-order valence-electron chi connectivity index (χ3n) is 16.7. The molecule has 0 heterocycles. The Morgan fingerprint density at radius 1 is 0.430 bits per heavy atom. The summed E-state index contributed by atoms with van der Waals surface area (Å²) in [6, 6.07) is 23.6. The van der Waals surface area contributed by atoms with Gasteiger partial charge in [0.15, 0.2) is 0 Å². The molecular formula is C66H79FO12. The van der Waals surface area contributed by atoms with Crippen LogP contribution in [0.5, 0.6) is 23.0 Å². The van der Waals surface area contributed by atoms with Gasteiger partial charge in [0.2, 0.25) is 0 Å². The highest BCUT2D eigenvalue weighted by Gasteiger charge is 2.33. The molecule has 8 rings (SSSR count). The van der Waals surface area contributed by atoms with Gasteiger partial charge in [-0.2, -0.15) is 0 Å². The summed E-state index contributed by atoms with van der Waals surface area (Å²) >= 11 is 0. The summed E-state index contributed by atoms with van der Waals surface area (Å²) in [6.07, 6.45) is 23.9. The quantitative estimate of drug-likeness (QED) is 0.0318. The van der Waals surface area contributed by atoms with Crippen LogP contribution in [0, 0.1) is 41.3 Å². The molecule has 79 heavy (non-hydrogen) atoms. The first kappa shape index (κ1) is 58.5. The maximum Gasteiger partial charge on any atom is 0.338 e. The van der Waals surface area contributed by atoms with Crippen LogP contribution >= 0.6 is 0 Å². The molecule has 4 aliphatic carbocycles. The highest BCUT2D eigenvalue weighted by atomic mass is 19.1. The maximum atomic E-state index is 13.7. The Labute approximate surface area is 465 Å². The Hall–Kier alpha value is -6.63. The summed E-state index contributed by atoms with van der Waals surface area (Å²) < 4.78 is 48.7. The summed E-state index contributed by atoms with van der Waals surface area (Å²) in [4.78, 5) is 79.3. The van der Waals surface area contributed by atoms with Crippen molar-refractivity contribution in [3.05, 3.63) is 119 Å². The molecule has 4 aromatic rings. The summed E-state index contributed by atoms with van der Waals surface area (Å²) in [6.45, 7) is 4.42. The summed E-state index contributed by atoms with van der Waals surface area (Å²) in [5.41, 5.74) is 1.85. The number of esters is 6. The second-order valence-corrected chi connectivity index (χ2v) is 22.5. The summed E-state index contributed by atoms with van der Waals surface area (Å²) in [5.74, 6) is -1.05. The SMILES string of the molecule is CCCCCC1CCC(C(=O)Oc2ccc(C(=O)OC3CCC(C(=O)Oc4ccc(OC(=O)C5CCC(OC(=O)c6ccc(OC(=O)C7CCC(CCCCC)CC7)cc6)CC5)c(C=Cc5ccc(F)cc5)c4)CC3)cc2)CC1. The third-order valence-corrected chi connectivity index (χ3v) is 16.7. The van der Waals surface area contributed by atoms with Crippen molar-refractivity contribution in [2.24, 2.45) is 35.5 Å². The number of benzene rings is 4. The van der Waals surface area contributed by atoms with Gasteiger partial charge in [0.25, 0.3) is 0 Å². The van der Waals surface area contributed by atoms with E-state index in [-0.39, 0.29) is 53.3 Å². The topological polar surface area (TPSA) is 158 Å². The molecule has 0 atom stereocenters. The van der Waals surface area contributed by atoms with Crippen molar-refractivity contribution in [3.63, 3.8) is 0 Å². The predicted octanol–water partition coefficient (Wildman–Crippen LogP) is 15.2. The fourth-order valence-corrected chi connectivity index (χ4v) is 11.7. The number of unbranched alkanes of at least 4 members (excludes halogenated alkanes) is 4. The van der Waals surface area contributed by atoms with Crippen molar-refractivity contribution < 1.29 is 61.6 Å². The largest absolute Gasteiger partial charge is 0.459 e. The van der Waals surface area contributed by atoms with Gasteiger partial charge in [-0.15, -0.1) is 0 Å². The number of rotatable bonds is 22. The molecule has 0 unspecified atom stereocenters. The van der Waals surface area contributed by atoms with E-state index in [1.165, 1.54) is 63.5 Å². The van der Waals surface area contributed by atoms with Crippen LogP contribution in [-0.4, -0.2) is 48.0 Å². The molecule has 4 aromatic carbocycles. The van der Waals surface area contributed by atoms with E-state index >= 15 is 0 Å². The first-order valence-electron chi connectivity index (χ1n) is 29.5. The highest BCUT2D eigenvalue weighted by Crippen LogP contribution is 2.37. The fourth-order valence-electron chi connectivity index (χ4n) is 11.7. The van der Waals surface area contributed by atoms with E-state index in [1.807, 2.05) is 0 Å². The second kappa shape index (κ2) is 29.5. The number of ether oxygens (including phenoxy) is 6. The van der Waals surface area contributed by atoms with E-state index in [4.69, 9.17) is 28.4 Å². The minimum atomic E-state index is -0.488. The zero-order chi connectivity index (χ0) is 55.5. The van der Waals surface area contributed by atoms with Crippen LogP contribution in [0.3, 0.4) is 0 Å². The van der Waals surface area contributed by atoms with E-state index in [0.29, 0.717) is 97.0 Å². The van der Waals surface area contributed by atoms with Gasteiger partial charge in [-0.3, -0.25) is 19.2 Å². The average Bonchev–Trinajstić information content (AvgIpc) is 3.47. The van der Waals surface area contributed by atoms with E-state index in [9.17, 15) is 33.2 Å². The van der Waals surface area contributed by atoms with E-state index in [1.54, 1.807) is 91.0 Å². The standard InChI is InChI=1S/C66H79FO12/c1-3-5-7-9-44-11-18-47(19-12-44)61(68)74-55-33-23-49(24-34-55)63(70)76-57-37-27-51(28-38-57)65(72)78-59-41-42-60(53(43-59)22-15-46-16-31-54(67)32-17-46)79-66(73)52-29-39-58(40-30-52)77-64(71)50-25-35-56(36-26-50)75-62(69)48-20-13-45(14-21-48)10-8-6-4-2/h15-17,22-26,31-36,41-45,47-48,51-52,57-58H,3-14,18-21,27-30,37-40H2,1-2H3. The van der Waals surface area contributed by atoms with Crippen molar-refractivity contribution in [1.82, 2.24) is 0 Å². The minimum absolute atomic E-state index is 0.101. The van der Waals surface area contributed by atoms with Gasteiger partial charge in [0.05, 0.1) is 34.8 Å². The van der Waals surface area contributed by atoms with Crippen LogP contribution in [0.25, 0.3) is 12.2 Å². The first-order valence-corrected chi connectivity index (χ1v) is 29.5. The molecule has 0 spiro atoms. The number of carbonyl (C=O) groups excluding carboxylic acids is 6. The molecule has 0 amide bonds. The molecule has 4 aliphatic rings. The molecule has 4 fully saturated rings. The van der Waals surface area contributed by atoms with E-state index in [0.717, 1.165) is 51.4 Å². The van der Waals surface area contributed by atoms with Crippen LogP contribution < -0.4 is 18.9 Å². The van der Waals surface area contributed by atoms with Crippen molar-refractivity contribution >= 4 is 48.0 Å². The number of halogens is 1. The Balaban J connectivity index is 0.774. The van der Waals surface area contributed by atoms with Gasteiger partial charge < -0.3 is 28.4 Å². The predicted molar refractivity (Wildman–Crippen MR) is 299 cm³/mol. The Kier molecular flexibility index (Phi) is 21.9. The van der Waals surface area contributed by atoms with Gasteiger partial charge in [-0.25, -0.2) is 14.0 Å². The molecular weight excluding hydrogens is 1000 g/mol. The average molecular weight is 1080 g/mol. The molecule has 0 N–H and O–H groups in total. The molecule has 0 bridgehead atoms. The molecule has 422 valence electrons. The van der Waals surface area contributed by atoms with Crippen LogP contribution in [0.1, 0.15) is 200 Å². The molecule has 0 radical (unpaired) electrons. The normalized spacial score (nSPS) is 23.2. The number of hydrogen-bond donors (Lipinski definition) is 0. The Bertz CT molecular complexity index is 2660. The van der Waals surface area contributed by atoms with E-state index in [2.05, 4.69) is 13.8 Å². The lowest BCUT2D eigenvalue weighted by Crippen LogP contribution is -2.30. The van der Waals surface area contributed by atoms with Crippen molar-refractivity contribution in [2.75, 3.05) is 0 Å². The monoisotopic (exact) mass is 1080 g/mol. The lowest BCUT2D eigenvalue weighted by molar-refractivity contribution is -0.141. The molecule has 0 saturated heterocycles. The summed E-state index contributed by atoms with van der Waals surface area (Å²) in [7, 11) is 0. The fraction of sp³-hybridized carbons (Fsp3) is 0.515. The maximum absolute atomic E-state index is 13.7. The molecule has 0 aromatic heterocycles. The Morgan fingerprint density at radius 3 is 1.23 bits per heavy atom. The zero-order valence-corrected chi connectivity index (χ0v) is 46.2. The lowest BCUT2D eigenvalue weighted by atomic mass is 9.80. The molecule has 0 aliphatic heterocycles. The second-order valence-electron chi connectivity index (χ2n) is 22.5. The molecule has 12 nitrogen and oxygen atoms in total. The Morgan fingerprint density at radius 2 is 0.810 bits per heavy atom. The lowest BCUT2D eigenvalue weighted by Gasteiger charge is -2.27. The first-order chi connectivity index (χ1) is 38.4. The smallest absolute Gasteiger partial charge is 0.338 e. The van der Waals surface area contributed by atoms with Crippen LogP contribution in [0.4, 0.5) is 4.39 Å². The number of hydrogen-bond acceptors (Lipinski definition) is 12. The molecule has 13 heteroatoms. The van der Waals surface area contributed by atoms with E-state index < -0.39 is 35.7 Å². The highest BCUT2D eigenvalue weighted by molar-refractivity contribution is 5.90. The number of carbonyl (C=O) groups is 6. The minimum Gasteiger partial charge on any atom is -0.459 e. The van der Waals surface area contributed by atoms with Crippen molar-refractivity contribution in [3.8, 4) is 23.0 Å². The van der Waals surface area contributed by atoms with Crippen LogP contribution in [0.15, 0.2) is 91.0 Å². The van der Waals surface area contributed by atoms with Gasteiger partial charge >= 0.3 is 35.8 Å². The van der Waals surface area contributed by atoms with Gasteiger partial charge in [0, 0.05) is 5.56 Å². The van der Waals surface area contributed by atoms with Gasteiger partial charge in [-0.05, 0) is 199 Å². The van der Waals surface area contributed by atoms with Crippen LogP contribution in [-0.2, 0) is 28.7 Å². The van der Waals surface area contributed by atoms with Crippen molar-refractivity contribution in [2.45, 2.75) is 180 Å². The zero-order valence-electron chi connectivity index (χ0n) is 46.2. The van der Waals surface area contributed by atoms with Crippen LogP contribution in [0.2, 0.25) is 0 Å². The van der Waals surface area contributed by atoms with Gasteiger partial charge in [-0.1, -0.05) is 89.5 Å². The van der Waals surface area contributed by atoms with Gasteiger partial charge in [0.1, 0.15) is 41.0 Å².